The Morgan fingerprint density at radius 1 is 0.650 bits per heavy atom. The van der Waals surface area contributed by atoms with Gasteiger partial charge in [0.2, 0.25) is 11.8 Å². The molecular weight excluding hydrogens is 506 g/mol. The summed E-state index contributed by atoms with van der Waals surface area (Å²) in [6.07, 6.45) is 1.20. The van der Waals surface area contributed by atoms with Crippen LogP contribution in [-0.2, 0) is 20.4 Å². The zero-order chi connectivity index (χ0) is 27.7. The number of hydrogen-bond donors (Lipinski definition) is 0. The van der Waals surface area contributed by atoms with E-state index < -0.39 is 10.8 Å². The summed E-state index contributed by atoms with van der Waals surface area (Å²) >= 11 is 0. The fourth-order valence-corrected chi connectivity index (χ4v) is 6.54. The summed E-state index contributed by atoms with van der Waals surface area (Å²) in [6.45, 7) is 1.32. The van der Waals surface area contributed by atoms with Crippen LogP contribution in [0.15, 0.2) is 109 Å². The molecule has 2 aliphatic rings. The lowest BCUT2D eigenvalue weighted by Crippen LogP contribution is -2.45. The molecule has 0 unspecified atom stereocenters. The first-order valence-electron chi connectivity index (χ1n) is 13.6. The first-order valence-corrected chi connectivity index (χ1v) is 13.6. The van der Waals surface area contributed by atoms with E-state index in [1.165, 1.54) is 24.3 Å². The third kappa shape index (κ3) is 4.37. The molecule has 2 amide bonds. The van der Waals surface area contributed by atoms with Gasteiger partial charge in [0.25, 0.3) is 0 Å². The number of nitrogens with zero attached hydrogens (tertiary/aromatic N) is 2. The Balaban J connectivity index is 1.26. The van der Waals surface area contributed by atoms with E-state index in [1.54, 1.807) is 34.1 Å². The number of likely N-dealkylation sites (tertiary alicyclic amines) is 2. The lowest BCUT2D eigenvalue weighted by Gasteiger charge is -2.32. The van der Waals surface area contributed by atoms with E-state index >= 15 is 0 Å². The van der Waals surface area contributed by atoms with Gasteiger partial charge in [0.15, 0.2) is 0 Å². The van der Waals surface area contributed by atoms with Crippen molar-refractivity contribution in [1.29, 1.82) is 0 Å². The van der Waals surface area contributed by atoms with Crippen LogP contribution in [0.3, 0.4) is 0 Å². The number of benzene rings is 4. The molecule has 0 saturated carbocycles. The van der Waals surface area contributed by atoms with Gasteiger partial charge in [-0.3, -0.25) is 9.59 Å². The van der Waals surface area contributed by atoms with E-state index in [9.17, 15) is 18.4 Å². The van der Waals surface area contributed by atoms with E-state index in [4.69, 9.17) is 0 Å². The fraction of sp³-hybridized carbons (Fsp3) is 0.235. The highest BCUT2D eigenvalue weighted by molar-refractivity contribution is 5.96. The third-order valence-electron chi connectivity index (χ3n) is 8.68. The zero-order valence-corrected chi connectivity index (χ0v) is 22.1. The second-order valence-electron chi connectivity index (χ2n) is 10.8. The molecule has 2 heterocycles. The molecule has 202 valence electrons. The number of hydrogen-bond acceptors (Lipinski definition) is 2. The van der Waals surface area contributed by atoms with Gasteiger partial charge in [0, 0.05) is 25.0 Å². The Hall–Kier alpha value is -4.32. The zero-order valence-electron chi connectivity index (χ0n) is 22.1. The van der Waals surface area contributed by atoms with Crippen LogP contribution in [0, 0.1) is 11.6 Å². The first kappa shape index (κ1) is 25.9. The van der Waals surface area contributed by atoms with Crippen molar-refractivity contribution in [2.24, 2.45) is 0 Å². The monoisotopic (exact) mass is 536 g/mol. The van der Waals surface area contributed by atoms with Crippen molar-refractivity contribution in [3.63, 3.8) is 0 Å². The Morgan fingerprint density at radius 2 is 1.15 bits per heavy atom. The molecule has 40 heavy (non-hydrogen) atoms. The third-order valence-corrected chi connectivity index (χ3v) is 8.68. The summed E-state index contributed by atoms with van der Waals surface area (Å²) in [5.41, 5.74) is 2.17. The smallest absolute Gasteiger partial charge is 0.242 e. The predicted octanol–water partition coefficient (Wildman–Crippen LogP) is 5.70. The highest BCUT2D eigenvalue weighted by Crippen LogP contribution is 2.43. The maximum absolute atomic E-state index is 14.1. The Bertz CT molecular complexity index is 1420. The van der Waals surface area contributed by atoms with E-state index in [0.29, 0.717) is 32.5 Å². The Kier molecular flexibility index (Phi) is 6.70. The highest BCUT2D eigenvalue weighted by Gasteiger charge is 2.50. The van der Waals surface area contributed by atoms with Crippen molar-refractivity contribution < 1.29 is 18.4 Å². The molecule has 4 nitrogen and oxygen atoms in total. The van der Waals surface area contributed by atoms with Gasteiger partial charge in [-0.25, -0.2) is 8.78 Å². The van der Waals surface area contributed by atoms with Gasteiger partial charge in [0.1, 0.15) is 17.0 Å². The van der Waals surface area contributed by atoms with Crippen LogP contribution in [-0.4, -0.2) is 47.8 Å². The fourth-order valence-electron chi connectivity index (χ4n) is 6.54. The Labute approximate surface area is 232 Å². The van der Waals surface area contributed by atoms with Crippen LogP contribution in [0.25, 0.3) is 0 Å². The second kappa shape index (κ2) is 10.3. The molecule has 0 bridgehead atoms. The lowest BCUT2D eigenvalue weighted by molar-refractivity contribution is -0.139. The highest BCUT2D eigenvalue weighted by atomic mass is 19.1. The van der Waals surface area contributed by atoms with Crippen LogP contribution in [0.1, 0.15) is 35.1 Å². The van der Waals surface area contributed by atoms with Crippen molar-refractivity contribution in [1.82, 2.24) is 9.80 Å². The molecular formula is C34H30F2N2O2. The second-order valence-corrected chi connectivity index (χ2v) is 10.8. The number of halogens is 2. The molecule has 0 radical (unpaired) electrons. The molecule has 2 saturated heterocycles. The molecule has 6 heteroatoms. The van der Waals surface area contributed by atoms with Crippen LogP contribution in [0.4, 0.5) is 8.78 Å². The average molecular weight is 537 g/mol. The van der Waals surface area contributed by atoms with Gasteiger partial charge in [-0.05, 0) is 59.4 Å². The average Bonchev–Trinajstić information content (AvgIpc) is 3.58. The summed E-state index contributed by atoms with van der Waals surface area (Å²) < 4.78 is 27.6. The summed E-state index contributed by atoms with van der Waals surface area (Å²) in [6, 6.07) is 32.2. The molecule has 0 aliphatic carbocycles. The van der Waals surface area contributed by atoms with Gasteiger partial charge >= 0.3 is 0 Å². The number of carbonyl (C=O) groups excluding carboxylic acids is 2. The molecule has 0 N–H and O–H groups in total. The van der Waals surface area contributed by atoms with E-state index in [2.05, 4.69) is 0 Å². The molecule has 4 aromatic carbocycles. The number of amides is 2. The van der Waals surface area contributed by atoms with Crippen molar-refractivity contribution in [3.05, 3.63) is 143 Å². The summed E-state index contributed by atoms with van der Waals surface area (Å²) in [7, 11) is 0. The van der Waals surface area contributed by atoms with E-state index in [0.717, 1.165) is 22.3 Å². The molecule has 0 aromatic heterocycles. The predicted molar refractivity (Wildman–Crippen MR) is 150 cm³/mol. The molecule has 4 aromatic rings. The van der Waals surface area contributed by atoms with Crippen LogP contribution in [0.2, 0.25) is 0 Å². The quantitative estimate of drug-likeness (QED) is 0.317. The van der Waals surface area contributed by atoms with Crippen molar-refractivity contribution >= 4 is 11.8 Å². The minimum atomic E-state index is -0.834. The normalized spacial score (nSPS) is 17.8. The van der Waals surface area contributed by atoms with Crippen LogP contribution < -0.4 is 0 Å². The van der Waals surface area contributed by atoms with Gasteiger partial charge in [-0.15, -0.1) is 0 Å². The molecule has 6 rings (SSSR count). The van der Waals surface area contributed by atoms with E-state index in [1.807, 2.05) is 60.7 Å². The van der Waals surface area contributed by atoms with Gasteiger partial charge in [-0.2, -0.15) is 0 Å². The maximum atomic E-state index is 14.1. The molecule has 2 fully saturated rings. The summed E-state index contributed by atoms with van der Waals surface area (Å²) in [5.74, 6) is -0.870. The topological polar surface area (TPSA) is 40.6 Å². The van der Waals surface area contributed by atoms with Gasteiger partial charge < -0.3 is 9.80 Å². The summed E-state index contributed by atoms with van der Waals surface area (Å²) in [5, 5.41) is 0. The minimum Gasteiger partial charge on any atom is -0.340 e. The summed E-state index contributed by atoms with van der Waals surface area (Å²) in [4.78, 5) is 31.3. The minimum absolute atomic E-state index is 0.0107. The van der Waals surface area contributed by atoms with Crippen molar-refractivity contribution in [2.75, 3.05) is 26.2 Å². The van der Waals surface area contributed by atoms with Crippen LogP contribution >= 0.6 is 0 Å². The van der Waals surface area contributed by atoms with Crippen molar-refractivity contribution in [2.45, 2.75) is 23.7 Å². The maximum Gasteiger partial charge on any atom is 0.242 e. The van der Waals surface area contributed by atoms with Gasteiger partial charge in [0.05, 0.1) is 6.54 Å². The number of carbonyl (C=O) groups is 2. The SMILES string of the molecule is O=C(CN1CCC(c2ccccc2)(c2ccccc2)C1=O)N1CCC(c2ccc(F)cc2)(c2ccc(F)cc2)C1. The lowest BCUT2D eigenvalue weighted by atomic mass is 9.73. The largest absolute Gasteiger partial charge is 0.340 e. The Morgan fingerprint density at radius 3 is 1.65 bits per heavy atom. The molecule has 0 atom stereocenters. The molecule has 2 aliphatic heterocycles. The first-order chi connectivity index (χ1) is 19.4. The standard InChI is InChI=1S/C34H30F2N2O2/c35-29-15-11-25(12-16-29)33(26-13-17-30(36)18-14-26)19-21-38(24-33)31(39)23-37-22-20-34(32(37)40,27-7-3-1-4-8-27)28-9-5-2-6-10-28/h1-18H,19-24H2. The number of rotatable bonds is 6. The van der Waals surface area contributed by atoms with E-state index in [-0.39, 0.29) is 30.0 Å². The van der Waals surface area contributed by atoms with Crippen molar-refractivity contribution in [3.8, 4) is 0 Å². The van der Waals surface area contributed by atoms with Crippen LogP contribution in [0.5, 0.6) is 0 Å². The molecule has 0 spiro atoms. The van der Waals surface area contributed by atoms with Gasteiger partial charge in [-0.1, -0.05) is 84.9 Å².